The number of fused-ring (bicyclic) bond motifs is 1. The van der Waals surface area contributed by atoms with Gasteiger partial charge in [-0.05, 0) is 44.4 Å². The lowest BCUT2D eigenvalue weighted by Gasteiger charge is -2.24. The maximum Gasteiger partial charge on any atom is 0.240 e. The molecule has 0 unspecified atom stereocenters. The molecule has 1 aliphatic heterocycles. The number of aryl methyl sites for hydroxylation is 1. The largest absolute Gasteiger partial charge is 0.352 e. The highest BCUT2D eigenvalue weighted by atomic mass is 32.2. The second-order valence-corrected chi connectivity index (χ2v) is 12.1. The number of benzene rings is 1. The van der Waals surface area contributed by atoms with Crippen molar-refractivity contribution < 1.29 is 9.59 Å². The fourth-order valence-electron chi connectivity index (χ4n) is 4.12. The quantitative estimate of drug-likeness (QED) is 0.525. The molecule has 34 heavy (non-hydrogen) atoms. The fourth-order valence-corrected chi connectivity index (χ4v) is 6.29. The highest BCUT2D eigenvalue weighted by molar-refractivity contribution is 8.00. The average Bonchev–Trinajstić information content (AvgIpc) is 3.38. The van der Waals surface area contributed by atoms with Crippen LogP contribution in [0.1, 0.15) is 61.6 Å². The number of carbonyl (C=O) groups is 2. The molecule has 0 fully saturated rings. The minimum absolute atomic E-state index is 0.00515. The standard InChI is InChI=1S/C26H32N4O2S2/c1-16(2)27-20(31)14-29-21(32)15-34-23(19-8-7-13-33-19)22-24(26(4,5)6)28-30(25(22)29)18-11-9-17(3)10-12-18/h7-13,16,23H,14-15H2,1-6H3,(H,27,31)/t23-/m1/s1. The molecule has 1 N–H and O–H groups in total. The van der Waals surface area contributed by atoms with E-state index in [1.165, 1.54) is 4.88 Å². The molecule has 1 aromatic carbocycles. The summed E-state index contributed by atoms with van der Waals surface area (Å²) in [7, 11) is 0. The summed E-state index contributed by atoms with van der Waals surface area (Å²) in [4.78, 5) is 29.2. The Morgan fingerprint density at radius 3 is 2.50 bits per heavy atom. The summed E-state index contributed by atoms with van der Waals surface area (Å²) in [6.45, 7) is 12.3. The molecule has 0 spiro atoms. The van der Waals surface area contributed by atoms with Gasteiger partial charge in [0, 0.05) is 21.9 Å². The van der Waals surface area contributed by atoms with Crippen LogP contribution in [0.5, 0.6) is 0 Å². The van der Waals surface area contributed by atoms with Crippen LogP contribution in [-0.2, 0) is 15.0 Å². The molecule has 0 saturated heterocycles. The number of hydrogen-bond acceptors (Lipinski definition) is 5. The van der Waals surface area contributed by atoms with Gasteiger partial charge < -0.3 is 5.32 Å². The number of thioether (sulfide) groups is 1. The summed E-state index contributed by atoms with van der Waals surface area (Å²) in [5.74, 6) is 0.728. The first-order valence-corrected chi connectivity index (χ1v) is 13.4. The van der Waals surface area contributed by atoms with E-state index in [1.54, 1.807) is 28.0 Å². The summed E-state index contributed by atoms with van der Waals surface area (Å²) in [6, 6.07) is 12.3. The lowest BCUT2D eigenvalue weighted by Crippen LogP contribution is -2.44. The summed E-state index contributed by atoms with van der Waals surface area (Å²) in [5.41, 5.74) is 3.72. The number of rotatable bonds is 5. The van der Waals surface area contributed by atoms with E-state index in [-0.39, 0.29) is 35.1 Å². The summed E-state index contributed by atoms with van der Waals surface area (Å²) in [5, 5.41) is 10.1. The van der Waals surface area contributed by atoms with Crippen LogP contribution in [0, 0.1) is 6.92 Å². The van der Waals surface area contributed by atoms with Crippen LogP contribution < -0.4 is 10.2 Å². The zero-order valence-corrected chi connectivity index (χ0v) is 22.2. The second-order valence-electron chi connectivity index (χ2n) is 9.99. The molecule has 0 bridgehead atoms. The molecular formula is C26H32N4O2S2. The van der Waals surface area contributed by atoms with Gasteiger partial charge >= 0.3 is 0 Å². The third kappa shape index (κ3) is 4.93. The van der Waals surface area contributed by atoms with Gasteiger partial charge in [0.05, 0.1) is 22.4 Å². The third-order valence-corrected chi connectivity index (χ3v) is 7.95. The van der Waals surface area contributed by atoms with E-state index in [9.17, 15) is 9.59 Å². The van der Waals surface area contributed by atoms with Gasteiger partial charge in [-0.2, -0.15) is 5.10 Å². The minimum Gasteiger partial charge on any atom is -0.352 e. The van der Waals surface area contributed by atoms with Crippen molar-refractivity contribution in [2.75, 3.05) is 17.2 Å². The number of anilines is 1. The Balaban J connectivity index is 1.98. The predicted octanol–water partition coefficient (Wildman–Crippen LogP) is 5.23. The molecule has 1 aliphatic rings. The molecular weight excluding hydrogens is 464 g/mol. The maximum atomic E-state index is 13.5. The van der Waals surface area contributed by atoms with Gasteiger partial charge in [-0.3, -0.25) is 14.5 Å². The van der Waals surface area contributed by atoms with Crippen molar-refractivity contribution in [3.8, 4) is 5.69 Å². The van der Waals surface area contributed by atoms with E-state index in [1.807, 2.05) is 55.8 Å². The zero-order chi connectivity index (χ0) is 24.6. The van der Waals surface area contributed by atoms with Gasteiger partial charge in [0.1, 0.15) is 12.4 Å². The first-order valence-electron chi connectivity index (χ1n) is 11.5. The van der Waals surface area contributed by atoms with E-state index in [2.05, 4.69) is 37.5 Å². The van der Waals surface area contributed by atoms with Crippen LogP contribution in [0.3, 0.4) is 0 Å². The van der Waals surface area contributed by atoms with Crippen molar-refractivity contribution >= 4 is 40.7 Å². The molecule has 4 rings (SSSR count). The topological polar surface area (TPSA) is 67.2 Å². The van der Waals surface area contributed by atoms with E-state index in [4.69, 9.17) is 5.10 Å². The lowest BCUT2D eigenvalue weighted by molar-refractivity contribution is -0.123. The maximum absolute atomic E-state index is 13.5. The van der Waals surface area contributed by atoms with Gasteiger partial charge in [-0.15, -0.1) is 23.1 Å². The molecule has 180 valence electrons. The van der Waals surface area contributed by atoms with Crippen molar-refractivity contribution in [2.24, 2.45) is 0 Å². The first-order chi connectivity index (χ1) is 16.1. The van der Waals surface area contributed by atoms with E-state index < -0.39 is 0 Å². The number of amides is 2. The molecule has 8 heteroatoms. The fraction of sp³-hybridized carbons (Fsp3) is 0.423. The summed E-state index contributed by atoms with van der Waals surface area (Å²) in [6.07, 6.45) is 0. The van der Waals surface area contributed by atoms with Gasteiger partial charge in [0.15, 0.2) is 0 Å². The van der Waals surface area contributed by atoms with Gasteiger partial charge in [-0.1, -0.05) is 44.5 Å². The summed E-state index contributed by atoms with van der Waals surface area (Å²) >= 11 is 3.30. The third-order valence-electron chi connectivity index (χ3n) is 5.63. The van der Waals surface area contributed by atoms with Crippen molar-refractivity contribution in [1.82, 2.24) is 15.1 Å². The van der Waals surface area contributed by atoms with Crippen LogP contribution in [-0.4, -0.2) is 39.9 Å². The Hall–Kier alpha value is -2.58. The Morgan fingerprint density at radius 2 is 1.91 bits per heavy atom. The highest BCUT2D eigenvalue weighted by Crippen LogP contribution is 2.49. The van der Waals surface area contributed by atoms with Crippen LogP contribution >= 0.6 is 23.1 Å². The molecule has 6 nitrogen and oxygen atoms in total. The molecule has 2 amide bonds. The lowest BCUT2D eigenvalue weighted by atomic mass is 9.88. The Bertz CT molecular complexity index is 1170. The van der Waals surface area contributed by atoms with Crippen LogP contribution in [0.15, 0.2) is 41.8 Å². The molecule has 0 radical (unpaired) electrons. The number of carbonyl (C=O) groups excluding carboxylic acids is 2. The van der Waals surface area contributed by atoms with Crippen molar-refractivity contribution in [1.29, 1.82) is 0 Å². The van der Waals surface area contributed by atoms with Crippen LogP contribution in [0.2, 0.25) is 0 Å². The molecule has 0 saturated carbocycles. The predicted molar refractivity (Wildman–Crippen MR) is 141 cm³/mol. The van der Waals surface area contributed by atoms with Crippen molar-refractivity contribution in [3.05, 3.63) is 63.5 Å². The Morgan fingerprint density at radius 1 is 1.21 bits per heavy atom. The van der Waals surface area contributed by atoms with Gasteiger partial charge in [0.2, 0.25) is 11.8 Å². The number of nitrogens with zero attached hydrogens (tertiary/aromatic N) is 3. The van der Waals surface area contributed by atoms with Crippen molar-refractivity contribution in [2.45, 2.75) is 58.2 Å². The molecule has 3 aromatic rings. The SMILES string of the molecule is Cc1ccc(-n2nc(C(C)(C)C)c3c2N(CC(=O)NC(C)C)C(=O)CS[C@@H]3c2cccs2)cc1. The monoisotopic (exact) mass is 496 g/mol. The second kappa shape index (κ2) is 9.58. The molecule has 0 aliphatic carbocycles. The van der Waals surface area contributed by atoms with Crippen molar-refractivity contribution in [3.63, 3.8) is 0 Å². The number of aromatic nitrogens is 2. The minimum atomic E-state index is -0.255. The molecule has 2 aromatic heterocycles. The highest BCUT2D eigenvalue weighted by Gasteiger charge is 2.40. The normalized spacial score (nSPS) is 16.5. The van der Waals surface area contributed by atoms with E-state index in [0.29, 0.717) is 11.6 Å². The van der Waals surface area contributed by atoms with E-state index >= 15 is 0 Å². The van der Waals surface area contributed by atoms with E-state index in [0.717, 1.165) is 22.5 Å². The average molecular weight is 497 g/mol. The first kappa shape index (κ1) is 24.5. The number of thiophene rings is 1. The molecule has 3 heterocycles. The smallest absolute Gasteiger partial charge is 0.240 e. The zero-order valence-electron chi connectivity index (χ0n) is 20.6. The number of nitrogens with one attached hydrogen (secondary N) is 1. The molecule has 1 atom stereocenters. The Kier molecular flexibility index (Phi) is 6.92. The van der Waals surface area contributed by atoms with Gasteiger partial charge in [-0.25, -0.2) is 4.68 Å². The van der Waals surface area contributed by atoms with Crippen LogP contribution in [0.4, 0.5) is 5.82 Å². The Labute approximate surface area is 209 Å². The number of hydrogen-bond donors (Lipinski definition) is 1. The summed E-state index contributed by atoms with van der Waals surface area (Å²) < 4.78 is 1.86. The van der Waals surface area contributed by atoms with Gasteiger partial charge in [0.25, 0.3) is 0 Å². The van der Waals surface area contributed by atoms with Crippen LogP contribution in [0.25, 0.3) is 5.69 Å².